The molecule has 1 aliphatic heterocycles. The summed E-state index contributed by atoms with van der Waals surface area (Å²) in [5.41, 5.74) is 5.30. The minimum absolute atomic E-state index is 0. The maximum Gasteiger partial charge on any atom is 0.224 e. The molecule has 1 rings (SSSR count). The van der Waals surface area contributed by atoms with E-state index in [1.54, 1.807) is 0 Å². The number of rotatable bonds is 12. The summed E-state index contributed by atoms with van der Waals surface area (Å²) in [7, 11) is 0. The fraction of sp³-hybridized carbons (Fsp3) is 0.842. The van der Waals surface area contributed by atoms with E-state index < -0.39 is 0 Å². The molecule has 1 aliphatic rings. The third kappa shape index (κ3) is 13.0. The first-order chi connectivity index (χ1) is 12.3. The number of amides is 1. The van der Waals surface area contributed by atoms with Crippen molar-refractivity contribution < 1.29 is 20.4 Å². The van der Waals surface area contributed by atoms with Crippen molar-refractivity contribution in [3.63, 3.8) is 0 Å². The van der Waals surface area contributed by atoms with E-state index in [2.05, 4.69) is 12.2 Å². The third-order valence-electron chi connectivity index (χ3n) is 3.82. The first-order valence-electron chi connectivity index (χ1n) is 9.61. The topological polar surface area (TPSA) is 74.0 Å². The second-order valence-corrected chi connectivity index (χ2v) is 5.62. The Hall–Kier alpha value is -0.950. The number of hydrogen-bond donors (Lipinski definition) is 1. The Labute approximate surface area is 155 Å². The van der Waals surface area contributed by atoms with E-state index in [0.717, 1.165) is 25.9 Å². The van der Waals surface area contributed by atoms with Crippen molar-refractivity contribution in [2.45, 2.75) is 40.0 Å². The molecule has 1 amide bonds. The molecule has 6 nitrogen and oxygen atoms in total. The molecule has 0 saturated carbocycles. The van der Waals surface area contributed by atoms with Crippen LogP contribution in [0.1, 0.15) is 41.5 Å². The molecule has 0 aliphatic carbocycles. The van der Waals surface area contributed by atoms with Crippen LogP contribution < -0.4 is 5.73 Å². The Balaban J connectivity index is 0. The van der Waals surface area contributed by atoms with Crippen molar-refractivity contribution in [2.24, 2.45) is 11.7 Å². The molecule has 1 heterocycles. The van der Waals surface area contributed by atoms with Crippen molar-refractivity contribution in [3.8, 4) is 0 Å². The van der Waals surface area contributed by atoms with Crippen molar-refractivity contribution in [3.05, 3.63) is 12.2 Å². The zero-order valence-corrected chi connectivity index (χ0v) is 16.4. The number of allylic oxidation sites excluding steroid dienone is 2. The van der Waals surface area contributed by atoms with Gasteiger partial charge in [0.15, 0.2) is 0 Å². The molecular formula is C19H40N2O4. The summed E-state index contributed by atoms with van der Waals surface area (Å²) in [4.78, 5) is 14.0. The van der Waals surface area contributed by atoms with Crippen molar-refractivity contribution >= 4 is 5.91 Å². The number of nitrogens with zero attached hydrogens (tertiary/aromatic N) is 1. The van der Waals surface area contributed by atoms with Gasteiger partial charge in [0, 0.05) is 21.1 Å². The van der Waals surface area contributed by atoms with Gasteiger partial charge < -0.3 is 24.8 Å². The van der Waals surface area contributed by atoms with Gasteiger partial charge in [-0.15, -0.1) is 0 Å². The van der Waals surface area contributed by atoms with E-state index in [-0.39, 0.29) is 7.33 Å². The summed E-state index contributed by atoms with van der Waals surface area (Å²) in [6.45, 7) is 11.5. The third-order valence-corrected chi connectivity index (χ3v) is 3.82. The Morgan fingerprint density at radius 2 is 1.56 bits per heavy atom. The fourth-order valence-corrected chi connectivity index (χ4v) is 2.56. The van der Waals surface area contributed by atoms with Crippen LogP contribution in [0, 0.1) is 5.92 Å². The van der Waals surface area contributed by atoms with E-state index in [1.165, 1.54) is 0 Å². The van der Waals surface area contributed by atoms with E-state index in [4.69, 9.17) is 19.9 Å². The first kappa shape index (κ1) is 24.1. The summed E-state index contributed by atoms with van der Waals surface area (Å²) in [5.74, 6) is 0.825. The van der Waals surface area contributed by atoms with Crippen molar-refractivity contribution in [1.29, 1.82) is 0 Å². The Kier molecular flexibility index (Phi) is 17.2. The number of ether oxygens (including phenoxy) is 3. The van der Waals surface area contributed by atoms with Gasteiger partial charge in [-0.25, -0.2) is 0 Å². The number of nitrogens with two attached hydrogens (primary N) is 1. The minimum atomic E-state index is 0. The summed E-state index contributed by atoms with van der Waals surface area (Å²) in [6, 6.07) is 0. The molecule has 0 aromatic heterocycles. The van der Waals surface area contributed by atoms with Gasteiger partial charge in [0.2, 0.25) is 5.91 Å². The van der Waals surface area contributed by atoms with E-state index in [0.29, 0.717) is 58.5 Å². The summed E-state index contributed by atoms with van der Waals surface area (Å²) >= 11 is 0. The van der Waals surface area contributed by atoms with E-state index >= 15 is 0 Å². The van der Waals surface area contributed by atoms with E-state index in [1.807, 2.05) is 25.7 Å². The lowest BCUT2D eigenvalue weighted by molar-refractivity contribution is -0.133. The molecule has 6 heteroatoms. The Bertz CT molecular complexity index is 336. The molecule has 0 spiro atoms. The Morgan fingerprint density at radius 1 is 1.04 bits per heavy atom. The molecule has 0 bridgehead atoms. The van der Waals surface area contributed by atoms with Crippen LogP contribution >= 0.6 is 0 Å². The SMILES string of the molecule is C/C=C/C1CCN(C(=O)CCOCCOCCOCCN)CC1.CC.[HH]. The van der Waals surface area contributed by atoms with Gasteiger partial charge in [-0.3, -0.25) is 4.79 Å². The van der Waals surface area contributed by atoms with Gasteiger partial charge in [-0.2, -0.15) is 0 Å². The van der Waals surface area contributed by atoms with Crippen LogP contribution in [-0.4, -0.2) is 70.1 Å². The predicted molar refractivity (Wildman–Crippen MR) is 104 cm³/mol. The van der Waals surface area contributed by atoms with Gasteiger partial charge in [0.1, 0.15) is 0 Å². The Morgan fingerprint density at radius 3 is 2.08 bits per heavy atom. The quantitative estimate of drug-likeness (QED) is 0.427. The number of hydrogen-bond acceptors (Lipinski definition) is 5. The number of carbonyl (C=O) groups is 1. The van der Waals surface area contributed by atoms with Crippen LogP contribution in [0.25, 0.3) is 0 Å². The van der Waals surface area contributed by atoms with Crippen LogP contribution in [0.3, 0.4) is 0 Å². The minimum Gasteiger partial charge on any atom is -0.379 e. The number of piperidine rings is 1. The second kappa shape index (κ2) is 17.9. The molecular weight excluding hydrogens is 320 g/mol. The molecule has 150 valence electrons. The highest BCUT2D eigenvalue weighted by Gasteiger charge is 2.20. The highest BCUT2D eigenvalue weighted by Crippen LogP contribution is 2.18. The van der Waals surface area contributed by atoms with Crippen LogP contribution in [-0.2, 0) is 19.0 Å². The van der Waals surface area contributed by atoms with Crippen LogP contribution in [0.4, 0.5) is 0 Å². The van der Waals surface area contributed by atoms with Gasteiger partial charge in [0.05, 0.1) is 46.1 Å². The van der Waals surface area contributed by atoms with Crippen LogP contribution in [0.5, 0.6) is 0 Å². The molecule has 1 fully saturated rings. The highest BCUT2D eigenvalue weighted by molar-refractivity contribution is 5.76. The highest BCUT2D eigenvalue weighted by atomic mass is 16.5. The standard InChI is InChI=1S/C17H32N2O4.C2H6.H2/c1-2-3-16-4-8-19(9-5-16)17(20)6-10-21-12-14-23-15-13-22-11-7-18;1-2;/h2-3,16H,4-15,18H2,1H3;1-2H3;1H/b3-2+;;. The summed E-state index contributed by atoms with van der Waals surface area (Å²) in [6.07, 6.45) is 6.93. The van der Waals surface area contributed by atoms with Crippen LogP contribution in [0.2, 0.25) is 0 Å². The maximum absolute atomic E-state index is 12.1. The monoisotopic (exact) mass is 360 g/mol. The predicted octanol–water partition coefficient (Wildman–Crippen LogP) is 2.47. The second-order valence-electron chi connectivity index (χ2n) is 5.62. The first-order valence-corrected chi connectivity index (χ1v) is 9.61. The van der Waals surface area contributed by atoms with Gasteiger partial charge >= 0.3 is 0 Å². The van der Waals surface area contributed by atoms with E-state index in [9.17, 15) is 4.79 Å². The van der Waals surface area contributed by atoms with Gasteiger partial charge in [-0.1, -0.05) is 26.0 Å². The number of carbonyl (C=O) groups excluding carboxylic acids is 1. The molecule has 2 N–H and O–H groups in total. The lowest BCUT2D eigenvalue weighted by Gasteiger charge is -2.30. The largest absolute Gasteiger partial charge is 0.379 e. The molecule has 0 unspecified atom stereocenters. The summed E-state index contributed by atoms with van der Waals surface area (Å²) in [5, 5.41) is 0. The molecule has 0 atom stereocenters. The maximum atomic E-state index is 12.1. The molecule has 0 aromatic rings. The smallest absolute Gasteiger partial charge is 0.224 e. The molecule has 0 aromatic carbocycles. The molecule has 1 saturated heterocycles. The zero-order chi connectivity index (χ0) is 18.8. The summed E-state index contributed by atoms with van der Waals surface area (Å²) < 4.78 is 16.0. The lowest BCUT2D eigenvalue weighted by Crippen LogP contribution is -2.38. The fourth-order valence-electron chi connectivity index (χ4n) is 2.56. The van der Waals surface area contributed by atoms with Crippen molar-refractivity contribution in [1.82, 2.24) is 4.90 Å². The zero-order valence-electron chi connectivity index (χ0n) is 16.4. The van der Waals surface area contributed by atoms with Gasteiger partial charge in [0.25, 0.3) is 0 Å². The normalized spacial score (nSPS) is 15.3. The lowest BCUT2D eigenvalue weighted by atomic mass is 9.96. The van der Waals surface area contributed by atoms with Crippen molar-refractivity contribution in [2.75, 3.05) is 59.3 Å². The average molecular weight is 361 g/mol. The van der Waals surface area contributed by atoms with Gasteiger partial charge in [-0.05, 0) is 25.7 Å². The van der Waals surface area contributed by atoms with Crippen LogP contribution in [0.15, 0.2) is 12.2 Å². The number of likely N-dealkylation sites (tertiary alicyclic amines) is 1. The molecule has 25 heavy (non-hydrogen) atoms. The molecule has 0 radical (unpaired) electrons. The average Bonchev–Trinajstić information content (AvgIpc) is 2.65.